The van der Waals surface area contributed by atoms with Gasteiger partial charge in [0, 0.05) is 29.4 Å². The van der Waals surface area contributed by atoms with E-state index < -0.39 is 35.4 Å². The van der Waals surface area contributed by atoms with Crippen molar-refractivity contribution in [3.05, 3.63) is 68.6 Å². The van der Waals surface area contributed by atoms with Crippen molar-refractivity contribution in [2.45, 2.75) is 37.2 Å². The first-order chi connectivity index (χ1) is 14.1. The molecule has 2 heterocycles. The van der Waals surface area contributed by atoms with Crippen molar-refractivity contribution in [3.63, 3.8) is 0 Å². The molecule has 3 nitrogen and oxygen atoms in total. The van der Waals surface area contributed by atoms with E-state index >= 15 is 4.39 Å². The number of allylic oxidation sites excluding steroid dienone is 2. The number of Topliss-reactive ketones (excluding diaryl/α,β-unsaturated/α-hetero) is 2. The minimum atomic E-state index is -5.49. The summed E-state index contributed by atoms with van der Waals surface area (Å²) < 4.78 is 62.6. The number of benzene rings is 1. The maximum absolute atomic E-state index is 15.8. The monoisotopic (exact) mass is 458 g/mol. The third-order valence-electron chi connectivity index (χ3n) is 5.39. The standard InChI is InChI=1S/C21H15ClF4O3S/c22-12-8-6-11(7-9-12)16-17-13(27)3-1-4-14(17)29-20(23,21(24,25)26)18(16)19(28)15-5-2-10-30-15/h2,5-10,16,18H,1,3-4H2. The van der Waals surface area contributed by atoms with Gasteiger partial charge in [-0.3, -0.25) is 9.59 Å². The van der Waals surface area contributed by atoms with Crippen LogP contribution in [0.4, 0.5) is 17.6 Å². The molecule has 0 saturated heterocycles. The SMILES string of the molecule is O=C1CCCC2=C1C(c1ccc(Cl)cc1)C(C(=O)c1cccs1)C(F)(C(F)(F)F)O2. The van der Waals surface area contributed by atoms with Crippen molar-refractivity contribution in [1.82, 2.24) is 0 Å². The molecule has 4 rings (SSSR count). The summed E-state index contributed by atoms with van der Waals surface area (Å²) in [5.41, 5.74) is 0.141. The Hall–Kier alpha value is -2.19. The maximum atomic E-state index is 15.8. The Morgan fingerprint density at radius 2 is 1.87 bits per heavy atom. The summed E-state index contributed by atoms with van der Waals surface area (Å²) in [5, 5.41) is 1.83. The first-order valence-corrected chi connectivity index (χ1v) is 10.4. The fourth-order valence-electron chi connectivity index (χ4n) is 4.07. The molecule has 1 aromatic carbocycles. The van der Waals surface area contributed by atoms with Gasteiger partial charge in [-0.25, -0.2) is 0 Å². The quantitative estimate of drug-likeness (QED) is 0.403. The number of ketones is 2. The molecule has 1 aromatic heterocycles. The molecule has 1 aliphatic heterocycles. The van der Waals surface area contributed by atoms with Crippen LogP contribution in [0.5, 0.6) is 0 Å². The van der Waals surface area contributed by atoms with Crippen molar-refractivity contribution in [3.8, 4) is 0 Å². The van der Waals surface area contributed by atoms with E-state index in [2.05, 4.69) is 0 Å². The van der Waals surface area contributed by atoms with Gasteiger partial charge in [-0.1, -0.05) is 29.8 Å². The van der Waals surface area contributed by atoms with Crippen molar-refractivity contribution in [1.29, 1.82) is 0 Å². The summed E-state index contributed by atoms with van der Waals surface area (Å²) in [6.45, 7) is 0. The fraction of sp³-hybridized carbons (Fsp3) is 0.333. The second-order valence-electron chi connectivity index (χ2n) is 7.21. The Morgan fingerprint density at radius 3 is 2.47 bits per heavy atom. The van der Waals surface area contributed by atoms with Gasteiger partial charge in [-0.05, 0) is 35.6 Å². The highest BCUT2D eigenvalue weighted by Gasteiger charge is 2.70. The van der Waals surface area contributed by atoms with E-state index in [-0.39, 0.29) is 41.0 Å². The molecule has 1 aliphatic carbocycles. The predicted molar refractivity (Wildman–Crippen MR) is 103 cm³/mol. The van der Waals surface area contributed by atoms with E-state index in [1.165, 1.54) is 41.8 Å². The largest absolute Gasteiger partial charge is 0.461 e. The summed E-state index contributed by atoms with van der Waals surface area (Å²) in [4.78, 5) is 25.9. The molecular formula is C21H15ClF4O3S. The summed E-state index contributed by atoms with van der Waals surface area (Å²) in [5.74, 6) is -9.85. The number of alkyl halides is 4. The first-order valence-electron chi connectivity index (χ1n) is 9.17. The van der Waals surface area contributed by atoms with Crippen molar-refractivity contribution < 1.29 is 31.9 Å². The average Bonchev–Trinajstić information content (AvgIpc) is 3.21. The lowest BCUT2D eigenvalue weighted by Gasteiger charge is -2.45. The van der Waals surface area contributed by atoms with Gasteiger partial charge >= 0.3 is 12.0 Å². The van der Waals surface area contributed by atoms with E-state index in [0.29, 0.717) is 5.02 Å². The predicted octanol–water partition coefficient (Wildman–Crippen LogP) is 6.25. The first kappa shape index (κ1) is 21.1. The van der Waals surface area contributed by atoms with Crippen LogP contribution in [-0.4, -0.2) is 23.6 Å². The third-order valence-corrected chi connectivity index (χ3v) is 6.52. The van der Waals surface area contributed by atoms with Gasteiger partial charge < -0.3 is 4.74 Å². The minimum Gasteiger partial charge on any atom is -0.454 e. The topological polar surface area (TPSA) is 43.4 Å². The molecule has 2 aliphatic rings. The van der Waals surface area contributed by atoms with E-state index in [1.54, 1.807) is 0 Å². The Bertz CT molecular complexity index is 1010. The van der Waals surface area contributed by atoms with Crippen LogP contribution in [0.25, 0.3) is 0 Å². The van der Waals surface area contributed by atoms with Crippen LogP contribution in [0.1, 0.15) is 40.4 Å². The number of ether oxygens (including phenoxy) is 1. The van der Waals surface area contributed by atoms with Crippen molar-refractivity contribution >= 4 is 34.5 Å². The van der Waals surface area contributed by atoms with Crippen molar-refractivity contribution in [2.24, 2.45) is 5.92 Å². The fourth-order valence-corrected chi connectivity index (χ4v) is 4.90. The summed E-state index contributed by atoms with van der Waals surface area (Å²) in [6.07, 6.45) is -5.15. The van der Waals surface area contributed by atoms with E-state index in [1.807, 2.05) is 0 Å². The summed E-state index contributed by atoms with van der Waals surface area (Å²) in [7, 11) is 0. The highest BCUT2D eigenvalue weighted by Crippen LogP contribution is 2.56. The molecule has 3 atom stereocenters. The number of carbonyl (C=O) groups excluding carboxylic acids is 2. The molecule has 2 aromatic rings. The zero-order valence-corrected chi connectivity index (χ0v) is 16.9. The molecule has 9 heteroatoms. The molecule has 0 spiro atoms. The highest BCUT2D eigenvalue weighted by atomic mass is 35.5. The zero-order chi connectivity index (χ0) is 21.7. The van der Waals surface area contributed by atoms with Crippen molar-refractivity contribution in [2.75, 3.05) is 0 Å². The van der Waals surface area contributed by atoms with Gasteiger partial charge in [0.2, 0.25) is 0 Å². The summed E-state index contributed by atoms with van der Waals surface area (Å²) >= 11 is 6.81. The normalized spacial score (nSPS) is 26.9. The number of hydrogen-bond donors (Lipinski definition) is 0. The van der Waals surface area contributed by atoms with Gasteiger partial charge in [0.05, 0.1) is 4.88 Å². The molecule has 0 fully saturated rings. The number of rotatable bonds is 3. The van der Waals surface area contributed by atoms with Crippen LogP contribution >= 0.6 is 22.9 Å². The van der Waals surface area contributed by atoms with Gasteiger partial charge in [0.25, 0.3) is 0 Å². The lowest BCUT2D eigenvalue weighted by Crippen LogP contribution is -2.57. The minimum absolute atomic E-state index is 0.00712. The number of carbonyl (C=O) groups is 2. The average molecular weight is 459 g/mol. The van der Waals surface area contributed by atoms with Crippen LogP contribution in [0.15, 0.2) is 53.1 Å². The Morgan fingerprint density at radius 1 is 1.17 bits per heavy atom. The maximum Gasteiger partial charge on any atom is 0.461 e. The summed E-state index contributed by atoms with van der Waals surface area (Å²) in [6, 6.07) is 8.50. The number of hydrogen-bond acceptors (Lipinski definition) is 4. The van der Waals surface area contributed by atoms with Crippen LogP contribution in [0, 0.1) is 5.92 Å². The lowest BCUT2D eigenvalue weighted by atomic mass is 9.69. The molecule has 0 bridgehead atoms. The van der Waals surface area contributed by atoms with Crippen LogP contribution < -0.4 is 0 Å². The molecule has 3 unspecified atom stereocenters. The molecule has 0 amide bonds. The van der Waals surface area contributed by atoms with Crippen LogP contribution in [0.3, 0.4) is 0 Å². The third kappa shape index (κ3) is 3.36. The smallest absolute Gasteiger partial charge is 0.454 e. The molecule has 0 saturated carbocycles. The highest BCUT2D eigenvalue weighted by molar-refractivity contribution is 7.12. The Labute approximate surface area is 178 Å². The van der Waals surface area contributed by atoms with Crippen LogP contribution in [-0.2, 0) is 9.53 Å². The van der Waals surface area contributed by atoms with E-state index in [0.717, 1.165) is 11.3 Å². The second-order valence-corrected chi connectivity index (χ2v) is 8.59. The van der Waals surface area contributed by atoms with E-state index in [4.69, 9.17) is 16.3 Å². The number of thiophene rings is 1. The molecule has 0 radical (unpaired) electrons. The number of halogens is 5. The van der Waals surface area contributed by atoms with Gasteiger partial charge in [-0.2, -0.15) is 17.6 Å². The lowest BCUT2D eigenvalue weighted by molar-refractivity contribution is -0.341. The van der Waals surface area contributed by atoms with Gasteiger partial charge in [-0.15, -0.1) is 11.3 Å². The Kier molecular flexibility index (Phi) is 5.26. The molecule has 0 N–H and O–H groups in total. The second kappa shape index (κ2) is 7.50. The van der Waals surface area contributed by atoms with Crippen LogP contribution in [0.2, 0.25) is 5.02 Å². The van der Waals surface area contributed by atoms with Gasteiger partial charge in [0.1, 0.15) is 11.7 Å². The molecule has 30 heavy (non-hydrogen) atoms. The molecular weight excluding hydrogens is 444 g/mol. The zero-order valence-electron chi connectivity index (χ0n) is 15.3. The van der Waals surface area contributed by atoms with E-state index in [9.17, 15) is 22.8 Å². The molecule has 158 valence electrons. The Balaban J connectivity index is 1.98. The van der Waals surface area contributed by atoms with Gasteiger partial charge in [0.15, 0.2) is 11.6 Å².